The lowest BCUT2D eigenvalue weighted by molar-refractivity contribution is -0.123. The lowest BCUT2D eigenvalue weighted by Gasteiger charge is -2.37. The lowest BCUT2D eigenvalue weighted by atomic mass is 10.0. The van der Waals surface area contributed by atoms with Crippen molar-refractivity contribution < 1.29 is 9.59 Å². The van der Waals surface area contributed by atoms with E-state index in [4.69, 9.17) is 11.5 Å². The molecular weight excluding hydrogens is 244 g/mol. The Morgan fingerprint density at radius 3 is 2.89 bits per heavy atom. The zero-order chi connectivity index (χ0) is 14.0. The molecule has 1 aromatic rings. The van der Waals surface area contributed by atoms with Gasteiger partial charge in [0, 0.05) is 18.8 Å². The highest BCUT2D eigenvalue weighted by Gasteiger charge is 2.30. The fourth-order valence-electron chi connectivity index (χ4n) is 2.40. The molecule has 1 atom stereocenters. The van der Waals surface area contributed by atoms with Gasteiger partial charge in [0.05, 0.1) is 11.3 Å². The quantitative estimate of drug-likeness (QED) is 0.671. The summed E-state index contributed by atoms with van der Waals surface area (Å²) in [7, 11) is 0. The first-order valence-corrected chi connectivity index (χ1v) is 6.28. The Labute approximate surface area is 111 Å². The molecule has 1 aliphatic rings. The molecule has 102 valence electrons. The molecule has 5 N–H and O–H groups in total. The highest BCUT2D eigenvalue weighted by Crippen LogP contribution is 2.27. The minimum Gasteiger partial charge on any atom is -0.399 e. The van der Waals surface area contributed by atoms with Gasteiger partial charge >= 0.3 is 0 Å². The van der Waals surface area contributed by atoms with Gasteiger partial charge in [-0.05, 0) is 24.6 Å². The molecule has 0 spiro atoms. The van der Waals surface area contributed by atoms with Gasteiger partial charge in [0.25, 0.3) is 5.91 Å². The summed E-state index contributed by atoms with van der Waals surface area (Å²) in [5.41, 5.74) is 12.7. The Morgan fingerprint density at radius 1 is 1.53 bits per heavy atom. The molecular formula is C13H18N4O2. The van der Waals surface area contributed by atoms with E-state index in [1.54, 1.807) is 18.2 Å². The first-order chi connectivity index (χ1) is 9.04. The molecule has 1 unspecified atom stereocenters. The summed E-state index contributed by atoms with van der Waals surface area (Å²) in [5.74, 6) is -0.553. The first-order valence-electron chi connectivity index (χ1n) is 6.28. The van der Waals surface area contributed by atoms with Crippen molar-refractivity contribution in [2.24, 2.45) is 5.73 Å². The summed E-state index contributed by atoms with van der Waals surface area (Å²) in [6, 6.07) is 4.64. The number of hydrogen-bond acceptors (Lipinski definition) is 4. The Hall–Kier alpha value is -2.24. The van der Waals surface area contributed by atoms with Gasteiger partial charge in [-0.3, -0.25) is 9.59 Å². The maximum absolute atomic E-state index is 11.9. The first kappa shape index (κ1) is 13.2. The molecule has 0 bridgehead atoms. The minimum absolute atomic E-state index is 0.0356. The molecule has 0 radical (unpaired) electrons. The van der Waals surface area contributed by atoms with Crippen molar-refractivity contribution in [3.05, 3.63) is 23.8 Å². The van der Waals surface area contributed by atoms with Crippen molar-refractivity contribution >= 4 is 23.2 Å². The van der Waals surface area contributed by atoms with Crippen LogP contribution in [0.15, 0.2) is 18.2 Å². The smallest absolute Gasteiger partial charge is 0.250 e. The van der Waals surface area contributed by atoms with E-state index in [2.05, 4.69) is 5.32 Å². The molecule has 2 amide bonds. The van der Waals surface area contributed by atoms with Crippen LogP contribution in [-0.4, -0.2) is 30.9 Å². The zero-order valence-corrected chi connectivity index (χ0v) is 10.8. The SMILES string of the molecule is CCC1C(=O)NCCN1c1cc(N)ccc1C(N)=O. The van der Waals surface area contributed by atoms with Crippen molar-refractivity contribution in [3.63, 3.8) is 0 Å². The van der Waals surface area contributed by atoms with Gasteiger partial charge in [-0.25, -0.2) is 0 Å². The maximum Gasteiger partial charge on any atom is 0.250 e. The molecule has 1 fully saturated rings. The van der Waals surface area contributed by atoms with Crippen molar-refractivity contribution in [1.82, 2.24) is 5.32 Å². The number of carbonyl (C=O) groups is 2. The molecule has 0 saturated carbocycles. The molecule has 6 heteroatoms. The maximum atomic E-state index is 11.9. The van der Waals surface area contributed by atoms with Crippen LogP contribution in [0.1, 0.15) is 23.7 Å². The number of carbonyl (C=O) groups excluding carboxylic acids is 2. The largest absolute Gasteiger partial charge is 0.399 e. The second-order valence-electron chi connectivity index (χ2n) is 4.55. The topological polar surface area (TPSA) is 101 Å². The molecule has 0 aliphatic carbocycles. The summed E-state index contributed by atoms with van der Waals surface area (Å²) in [6.07, 6.45) is 0.652. The standard InChI is InChI=1S/C13H18N4O2/c1-2-10-13(19)16-5-6-17(10)11-7-8(14)3-4-9(11)12(15)18/h3-4,7,10H,2,5-6,14H2,1H3,(H2,15,18)(H,16,19). The van der Waals surface area contributed by atoms with E-state index in [9.17, 15) is 9.59 Å². The van der Waals surface area contributed by atoms with Crippen molar-refractivity contribution in [1.29, 1.82) is 0 Å². The molecule has 6 nitrogen and oxygen atoms in total. The van der Waals surface area contributed by atoms with Crippen molar-refractivity contribution in [2.45, 2.75) is 19.4 Å². The monoisotopic (exact) mass is 262 g/mol. The summed E-state index contributed by atoms with van der Waals surface area (Å²) < 4.78 is 0. The predicted molar refractivity (Wildman–Crippen MR) is 73.8 cm³/mol. The van der Waals surface area contributed by atoms with Gasteiger partial charge in [0.2, 0.25) is 5.91 Å². The number of primary amides is 1. The molecule has 1 heterocycles. The molecule has 2 rings (SSSR count). The number of nitrogen functional groups attached to an aromatic ring is 1. The van der Waals surface area contributed by atoms with Gasteiger partial charge in [-0.2, -0.15) is 0 Å². The van der Waals surface area contributed by atoms with E-state index >= 15 is 0 Å². The van der Waals surface area contributed by atoms with Gasteiger partial charge < -0.3 is 21.7 Å². The highest BCUT2D eigenvalue weighted by molar-refractivity contribution is 6.00. The van der Waals surface area contributed by atoms with E-state index in [1.165, 1.54) is 0 Å². The van der Waals surface area contributed by atoms with Crippen molar-refractivity contribution in [2.75, 3.05) is 23.7 Å². The third-order valence-electron chi connectivity index (χ3n) is 3.31. The van der Waals surface area contributed by atoms with Crippen LogP contribution in [-0.2, 0) is 4.79 Å². The van der Waals surface area contributed by atoms with Gasteiger partial charge in [-0.15, -0.1) is 0 Å². The summed E-state index contributed by atoms with van der Waals surface area (Å²) in [4.78, 5) is 25.3. The van der Waals surface area contributed by atoms with E-state index < -0.39 is 5.91 Å². The summed E-state index contributed by atoms with van der Waals surface area (Å²) in [6.45, 7) is 3.11. The predicted octanol–water partition coefficient (Wildman–Crippen LogP) is 0.0825. The summed E-state index contributed by atoms with van der Waals surface area (Å²) >= 11 is 0. The van der Waals surface area contributed by atoms with E-state index in [0.29, 0.717) is 36.4 Å². The number of rotatable bonds is 3. The van der Waals surface area contributed by atoms with Crippen LogP contribution in [0.3, 0.4) is 0 Å². The van der Waals surface area contributed by atoms with Crippen LogP contribution in [0.25, 0.3) is 0 Å². The van der Waals surface area contributed by atoms with E-state index in [1.807, 2.05) is 11.8 Å². The van der Waals surface area contributed by atoms with E-state index in [-0.39, 0.29) is 11.9 Å². The number of amides is 2. The van der Waals surface area contributed by atoms with Crippen LogP contribution in [0.4, 0.5) is 11.4 Å². The third-order valence-corrected chi connectivity index (χ3v) is 3.31. The zero-order valence-electron chi connectivity index (χ0n) is 10.8. The van der Waals surface area contributed by atoms with Gasteiger partial charge in [0.15, 0.2) is 0 Å². The van der Waals surface area contributed by atoms with Gasteiger partial charge in [-0.1, -0.05) is 6.92 Å². The molecule has 0 aromatic heterocycles. The fourth-order valence-corrected chi connectivity index (χ4v) is 2.40. The number of piperazine rings is 1. The fraction of sp³-hybridized carbons (Fsp3) is 0.385. The van der Waals surface area contributed by atoms with Crippen LogP contribution in [0.2, 0.25) is 0 Å². The number of benzene rings is 1. The number of hydrogen-bond donors (Lipinski definition) is 3. The second-order valence-corrected chi connectivity index (χ2v) is 4.55. The Bertz CT molecular complexity index is 515. The van der Waals surface area contributed by atoms with Crippen LogP contribution >= 0.6 is 0 Å². The number of nitrogens with one attached hydrogen (secondary N) is 1. The van der Waals surface area contributed by atoms with Gasteiger partial charge in [0.1, 0.15) is 6.04 Å². The van der Waals surface area contributed by atoms with Crippen LogP contribution in [0, 0.1) is 0 Å². The van der Waals surface area contributed by atoms with Crippen LogP contribution in [0.5, 0.6) is 0 Å². The number of nitrogens with two attached hydrogens (primary N) is 2. The highest BCUT2D eigenvalue weighted by atomic mass is 16.2. The Balaban J connectivity index is 2.46. The lowest BCUT2D eigenvalue weighted by Crippen LogP contribution is -2.55. The third kappa shape index (κ3) is 2.47. The minimum atomic E-state index is -0.518. The average molecular weight is 262 g/mol. The van der Waals surface area contributed by atoms with Crippen LogP contribution < -0.4 is 21.7 Å². The molecule has 1 aliphatic heterocycles. The number of nitrogens with zero attached hydrogens (tertiary/aromatic N) is 1. The Morgan fingerprint density at radius 2 is 2.26 bits per heavy atom. The van der Waals surface area contributed by atoms with E-state index in [0.717, 1.165) is 0 Å². The molecule has 1 saturated heterocycles. The summed E-state index contributed by atoms with van der Waals surface area (Å²) in [5, 5.41) is 2.82. The molecule has 1 aromatic carbocycles. The second kappa shape index (κ2) is 5.17. The average Bonchev–Trinajstić information content (AvgIpc) is 2.37. The normalized spacial score (nSPS) is 19.1. The number of anilines is 2. The Kier molecular flexibility index (Phi) is 3.59. The molecule has 19 heavy (non-hydrogen) atoms. The van der Waals surface area contributed by atoms with Crippen molar-refractivity contribution in [3.8, 4) is 0 Å².